The Labute approximate surface area is 204 Å². The van der Waals surface area contributed by atoms with E-state index in [0.717, 1.165) is 4.90 Å². The number of para-hydroxylation sites is 1. The van der Waals surface area contributed by atoms with Gasteiger partial charge in [-0.1, -0.05) is 23.8 Å². The second-order valence-electron chi connectivity index (χ2n) is 9.11. The second-order valence-corrected chi connectivity index (χ2v) is 10.4. The minimum Gasteiger partial charge on any atom is -0.504 e. The van der Waals surface area contributed by atoms with E-state index >= 15 is 0 Å². The largest absolute Gasteiger partial charge is 0.504 e. The topological polar surface area (TPSA) is 124 Å². The number of benzene rings is 1. The molecule has 3 fully saturated rings. The number of hydrogen-bond donors (Lipinski definition) is 2. The molecule has 34 heavy (non-hydrogen) atoms. The number of hydroxylamine groups is 2. The Bertz CT molecular complexity index is 1190. The van der Waals surface area contributed by atoms with Gasteiger partial charge in [-0.3, -0.25) is 29.3 Å². The number of ether oxygens (including phenoxy) is 1. The number of allylic oxidation sites excluding steroid dienone is 2. The second kappa shape index (κ2) is 7.44. The van der Waals surface area contributed by atoms with Gasteiger partial charge in [0.15, 0.2) is 21.2 Å². The Morgan fingerprint density at radius 2 is 1.82 bits per heavy atom. The van der Waals surface area contributed by atoms with E-state index < -0.39 is 57.0 Å². The van der Waals surface area contributed by atoms with Crippen LogP contribution >= 0.6 is 23.2 Å². The Kier molecular flexibility index (Phi) is 5.06. The molecular formula is C23H22Cl2N2O7. The number of hydrogen-bond acceptors (Lipinski definition) is 7. The van der Waals surface area contributed by atoms with Gasteiger partial charge in [0.1, 0.15) is 0 Å². The molecule has 2 saturated heterocycles. The van der Waals surface area contributed by atoms with Crippen LogP contribution in [0.4, 0.5) is 0 Å². The molecule has 0 aromatic heterocycles. The Morgan fingerprint density at radius 1 is 1.12 bits per heavy atom. The quantitative estimate of drug-likeness (QED) is 0.277. The average molecular weight is 509 g/mol. The first-order valence-electron chi connectivity index (χ1n) is 10.9. The summed E-state index contributed by atoms with van der Waals surface area (Å²) < 4.78 is 5.51. The van der Waals surface area contributed by atoms with Crippen molar-refractivity contribution in [3.05, 3.63) is 35.4 Å². The summed E-state index contributed by atoms with van der Waals surface area (Å²) in [5.41, 5.74) is 0.735. The summed E-state index contributed by atoms with van der Waals surface area (Å²) >= 11 is 14.0. The van der Waals surface area contributed by atoms with Gasteiger partial charge in [-0.05, 0) is 31.7 Å². The number of halogens is 2. The van der Waals surface area contributed by atoms with Crippen LogP contribution in [-0.4, -0.2) is 67.3 Å². The lowest BCUT2D eigenvalue weighted by atomic mass is 9.56. The van der Waals surface area contributed by atoms with E-state index in [9.17, 15) is 29.5 Å². The van der Waals surface area contributed by atoms with Crippen LogP contribution in [0.25, 0.3) is 0 Å². The molecule has 5 rings (SSSR count). The zero-order valence-corrected chi connectivity index (χ0v) is 19.8. The number of nitrogens with zero attached hydrogens (tertiary/aromatic N) is 2. The molecule has 11 heteroatoms. The number of rotatable bonds is 3. The summed E-state index contributed by atoms with van der Waals surface area (Å²) in [6, 6.07) is 4.74. The third-order valence-electron chi connectivity index (χ3n) is 7.63. The monoisotopic (exact) mass is 508 g/mol. The van der Waals surface area contributed by atoms with E-state index in [2.05, 4.69) is 0 Å². The molecule has 4 aliphatic rings. The maximum absolute atomic E-state index is 13.4. The van der Waals surface area contributed by atoms with Crippen molar-refractivity contribution in [3.8, 4) is 11.5 Å². The fourth-order valence-corrected chi connectivity index (χ4v) is 7.13. The van der Waals surface area contributed by atoms with Crippen molar-refractivity contribution in [2.24, 2.45) is 17.8 Å². The number of likely N-dealkylation sites (tertiary alicyclic amines) is 1. The van der Waals surface area contributed by atoms with Gasteiger partial charge < -0.3 is 9.84 Å². The fraction of sp³-hybridized carbons (Fsp3) is 0.478. The van der Waals surface area contributed by atoms with Crippen molar-refractivity contribution < 1.29 is 34.2 Å². The van der Waals surface area contributed by atoms with Gasteiger partial charge >= 0.3 is 0 Å². The number of phenolic OH excluding ortho intramolecular Hbond substituents is 1. The lowest BCUT2D eigenvalue weighted by Crippen LogP contribution is -2.60. The van der Waals surface area contributed by atoms with Crippen LogP contribution in [0.3, 0.4) is 0 Å². The summed E-state index contributed by atoms with van der Waals surface area (Å²) in [4.78, 5) is 48.9. The van der Waals surface area contributed by atoms with Crippen molar-refractivity contribution in [2.75, 3.05) is 13.7 Å². The maximum Gasteiger partial charge on any atom is 0.257 e. The van der Waals surface area contributed by atoms with Gasteiger partial charge in [0.2, 0.25) is 0 Å². The normalized spacial score (nSPS) is 36.9. The predicted octanol–water partition coefficient (Wildman–Crippen LogP) is 2.17. The molecule has 2 aliphatic heterocycles. The van der Waals surface area contributed by atoms with Crippen LogP contribution in [0.15, 0.2) is 29.8 Å². The first-order valence-corrected chi connectivity index (χ1v) is 11.7. The van der Waals surface area contributed by atoms with Crippen LogP contribution in [0.5, 0.6) is 11.5 Å². The highest BCUT2D eigenvalue weighted by molar-refractivity contribution is 6.53. The summed E-state index contributed by atoms with van der Waals surface area (Å²) in [6.45, 7) is 2.02. The third-order valence-corrected chi connectivity index (χ3v) is 9.05. The minimum absolute atomic E-state index is 0.117. The standard InChI is InChI=1S/C23H22Cl2N2O7/c1-3-34-14-6-4-5-12(17(14)28)16-10-7-8-11-15(19(30)27(33)18(11)29)13(10)9-22(24)20(31)26(2)21(32)23(16,22)25/h4-7,11,13,15-16,28,33H,3,8-9H2,1-2H3/t11-,13+,15-,16+,22+,23-/m0/s1. The predicted molar refractivity (Wildman–Crippen MR) is 118 cm³/mol. The van der Waals surface area contributed by atoms with Gasteiger partial charge in [0, 0.05) is 18.5 Å². The van der Waals surface area contributed by atoms with Crippen LogP contribution in [-0.2, 0) is 19.2 Å². The van der Waals surface area contributed by atoms with E-state index in [0.29, 0.717) is 5.57 Å². The Morgan fingerprint density at radius 3 is 2.50 bits per heavy atom. The molecule has 2 N–H and O–H groups in total. The molecule has 0 radical (unpaired) electrons. The van der Waals surface area contributed by atoms with E-state index in [1.165, 1.54) is 7.05 Å². The Hall–Kier alpha value is -2.62. The van der Waals surface area contributed by atoms with Gasteiger partial charge in [-0.15, -0.1) is 23.2 Å². The van der Waals surface area contributed by atoms with Crippen molar-refractivity contribution >= 4 is 46.8 Å². The van der Waals surface area contributed by atoms with Crippen LogP contribution < -0.4 is 4.74 Å². The number of carbonyl (C=O) groups is 4. The number of phenols is 1. The van der Waals surface area contributed by atoms with Crippen LogP contribution in [0.2, 0.25) is 0 Å². The minimum atomic E-state index is -2.00. The number of alkyl halides is 2. The fourth-order valence-electron chi connectivity index (χ4n) is 6.12. The highest BCUT2D eigenvalue weighted by atomic mass is 35.5. The van der Waals surface area contributed by atoms with Crippen molar-refractivity contribution in [1.82, 2.24) is 9.96 Å². The van der Waals surface area contributed by atoms with Gasteiger partial charge in [0.05, 0.1) is 18.4 Å². The number of aromatic hydroxyl groups is 1. The number of fused-ring (bicyclic) bond motifs is 4. The third kappa shape index (κ3) is 2.60. The van der Waals surface area contributed by atoms with Gasteiger partial charge in [-0.25, -0.2) is 0 Å². The molecule has 1 saturated carbocycles. The lowest BCUT2D eigenvalue weighted by Gasteiger charge is -2.50. The van der Waals surface area contributed by atoms with Crippen molar-refractivity contribution in [2.45, 2.75) is 35.4 Å². The average Bonchev–Trinajstić information content (AvgIpc) is 3.11. The molecule has 1 aromatic rings. The zero-order valence-electron chi connectivity index (χ0n) is 18.3. The molecule has 4 amide bonds. The Balaban J connectivity index is 1.76. The molecular weight excluding hydrogens is 487 g/mol. The van der Waals surface area contributed by atoms with E-state index in [1.807, 2.05) is 0 Å². The highest BCUT2D eigenvalue weighted by Gasteiger charge is 2.76. The molecule has 1 aromatic carbocycles. The molecule has 0 unspecified atom stereocenters. The number of carbonyl (C=O) groups excluding carboxylic acids is 4. The molecule has 180 valence electrons. The SMILES string of the molecule is CCOc1cccc([C@H]2C3=CC[C@@H]4C(=O)N(O)C(=O)[C@@H]4[C@@H]3C[C@@]3(Cl)C(=O)N(C)C(=O)[C@@]23Cl)c1O. The summed E-state index contributed by atoms with van der Waals surface area (Å²) in [5.74, 6) is -6.70. The zero-order chi connectivity index (χ0) is 24.7. The van der Waals surface area contributed by atoms with E-state index in [4.69, 9.17) is 27.9 Å². The first-order chi connectivity index (χ1) is 16.0. The molecule has 6 atom stereocenters. The molecule has 0 bridgehead atoms. The summed E-state index contributed by atoms with van der Waals surface area (Å²) in [5, 5.41) is 21.2. The number of imide groups is 2. The van der Waals surface area contributed by atoms with Crippen LogP contribution in [0, 0.1) is 17.8 Å². The molecule has 2 heterocycles. The summed E-state index contributed by atoms with van der Waals surface area (Å²) in [6.07, 6.45) is 1.65. The summed E-state index contributed by atoms with van der Waals surface area (Å²) in [7, 11) is 1.28. The lowest BCUT2D eigenvalue weighted by molar-refractivity contribution is -0.173. The highest BCUT2D eigenvalue weighted by Crippen LogP contribution is 2.66. The molecule has 0 spiro atoms. The van der Waals surface area contributed by atoms with Gasteiger partial charge in [-0.2, -0.15) is 5.06 Å². The molecule has 2 aliphatic carbocycles. The molecule has 9 nitrogen and oxygen atoms in total. The van der Waals surface area contributed by atoms with Crippen molar-refractivity contribution in [3.63, 3.8) is 0 Å². The number of amides is 4. The smallest absolute Gasteiger partial charge is 0.257 e. The van der Waals surface area contributed by atoms with Gasteiger partial charge in [0.25, 0.3) is 23.6 Å². The maximum atomic E-state index is 13.4. The first kappa shape index (κ1) is 23.1. The van der Waals surface area contributed by atoms with E-state index in [-0.39, 0.29) is 41.6 Å². The van der Waals surface area contributed by atoms with E-state index in [1.54, 1.807) is 31.2 Å². The van der Waals surface area contributed by atoms with Crippen LogP contribution in [0.1, 0.15) is 31.2 Å². The van der Waals surface area contributed by atoms with Crippen molar-refractivity contribution in [1.29, 1.82) is 0 Å².